The van der Waals surface area contributed by atoms with E-state index in [-0.39, 0.29) is 24.0 Å². The van der Waals surface area contributed by atoms with Crippen LogP contribution in [0.5, 0.6) is 0 Å². The lowest BCUT2D eigenvalue weighted by atomic mass is 10.1. The number of H-pyrrole nitrogens is 1. The van der Waals surface area contributed by atoms with Gasteiger partial charge in [-0.15, -0.1) is 24.0 Å². The number of nitrogens with zero attached hydrogens (tertiary/aromatic N) is 2. The predicted molar refractivity (Wildman–Crippen MR) is 124 cm³/mol. The van der Waals surface area contributed by atoms with Crippen LogP contribution in [-0.2, 0) is 12.8 Å². The zero-order valence-corrected chi connectivity index (χ0v) is 18.4. The summed E-state index contributed by atoms with van der Waals surface area (Å²) >= 11 is 5.91. The predicted octanol–water partition coefficient (Wildman–Crippen LogP) is 4.17. The lowest BCUT2D eigenvalue weighted by Crippen LogP contribution is -2.38. The minimum Gasteiger partial charge on any atom is -0.356 e. The van der Waals surface area contributed by atoms with Gasteiger partial charge in [0.25, 0.3) is 0 Å². The maximum atomic E-state index is 5.91. The molecular formula is C20H25ClIN5. The summed E-state index contributed by atoms with van der Waals surface area (Å²) in [7, 11) is 1.79. The second-order valence-electron chi connectivity index (χ2n) is 6.11. The van der Waals surface area contributed by atoms with Gasteiger partial charge >= 0.3 is 0 Å². The van der Waals surface area contributed by atoms with Crippen LogP contribution in [0.15, 0.2) is 53.5 Å². The second kappa shape index (κ2) is 11.1. The Kier molecular flexibility index (Phi) is 8.87. The molecule has 3 N–H and O–H groups in total. The molecule has 0 spiro atoms. The standard InChI is InChI=1S/C20H24ClN5.HI/c1-22-20(24-14-12-15-8-10-16(21)11-9-15)23-13-4-7-19-25-17-5-2-3-6-18(17)26-19;/h2-3,5-6,8-11H,4,7,12-14H2,1H3,(H,25,26)(H2,22,23,24);1H. The number of guanidine groups is 1. The van der Waals surface area contributed by atoms with Crippen molar-refractivity contribution in [2.45, 2.75) is 19.3 Å². The molecule has 0 saturated carbocycles. The van der Waals surface area contributed by atoms with Crippen LogP contribution in [-0.4, -0.2) is 36.1 Å². The third-order valence-corrected chi connectivity index (χ3v) is 4.42. The van der Waals surface area contributed by atoms with Gasteiger partial charge in [0.1, 0.15) is 5.82 Å². The van der Waals surface area contributed by atoms with Gasteiger partial charge < -0.3 is 15.6 Å². The van der Waals surface area contributed by atoms with Crippen molar-refractivity contribution >= 4 is 52.6 Å². The number of aromatic nitrogens is 2. The molecular weight excluding hydrogens is 473 g/mol. The molecule has 2 aromatic carbocycles. The Balaban J connectivity index is 0.00000261. The number of aromatic amines is 1. The Labute approximate surface area is 182 Å². The fourth-order valence-electron chi connectivity index (χ4n) is 2.78. The highest BCUT2D eigenvalue weighted by Crippen LogP contribution is 2.11. The van der Waals surface area contributed by atoms with Crippen LogP contribution in [0, 0.1) is 0 Å². The fraction of sp³-hybridized carbons (Fsp3) is 0.300. The monoisotopic (exact) mass is 497 g/mol. The first-order valence-corrected chi connectivity index (χ1v) is 9.25. The van der Waals surface area contributed by atoms with E-state index in [9.17, 15) is 0 Å². The quantitative estimate of drug-likeness (QED) is 0.199. The van der Waals surface area contributed by atoms with Crippen molar-refractivity contribution < 1.29 is 0 Å². The van der Waals surface area contributed by atoms with Gasteiger partial charge in [0.15, 0.2) is 5.96 Å². The summed E-state index contributed by atoms with van der Waals surface area (Å²) in [4.78, 5) is 12.2. The first kappa shape index (κ1) is 21.5. The molecule has 0 fully saturated rings. The van der Waals surface area contributed by atoms with Gasteiger partial charge in [-0.2, -0.15) is 0 Å². The van der Waals surface area contributed by atoms with E-state index in [1.807, 2.05) is 42.5 Å². The lowest BCUT2D eigenvalue weighted by Gasteiger charge is -2.11. The summed E-state index contributed by atoms with van der Waals surface area (Å²) in [6, 6.07) is 16.0. The van der Waals surface area contributed by atoms with Crippen LogP contribution in [0.1, 0.15) is 17.8 Å². The molecule has 5 nitrogen and oxygen atoms in total. The summed E-state index contributed by atoms with van der Waals surface area (Å²) in [6.07, 6.45) is 2.82. The number of aryl methyl sites for hydroxylation is 1. The van der Waals surface area contributed by atoms with Crippen molar-refractivity contribution in [2.75, 3.05) is 20.1 Å². The van der Waals surface area contributed by atoms with Crippen LogP contribution >= 0.6 is 35.6 Å². The topological polar surface area (TPSA) is 65.1 Å². The summed E-state index contributed by atoms with van der Waals surface area (Å²) < 4.78 is 0. The Bertz CT molecular complexity index is 827. The highest BCUT2D eigenvalue weighted by Gasteiger charge is 2.02. The summed E-state index contributed by atoms with van der Waals surface area (Å²) in [5, 5.41) is 7.45. The Morgan fingerprint density at radius 1 is 1.04 bits per heavy atom. The number of rotatable bonds is 7. The number of benzene rings is 2. The second-order valence-corrected chi connectivity index (χ2v) is 6.54. The van der Waals surface area contributed by atoms with E-state index in [0.717, 1.165) is 60.2 Å². The first-order chi connectivity index (χ1) is 12.7. The molecule has 0 aliphatic carbocycles. The lowest BCUT2D eigenvalue weighted by molar-refractivity contribution is 0.724. The van der Waals surface area contributed by atoms with E-state index in [1.165, 1.54) is 5.56 Å². The third kappa shape index (κ3) is 6.70. The number of fused-ring (bicyclic) bond motifs is 1. The number of halogens is 2. The molecule has 0 radical (unpaired) electrons. The number of hydrogen-bond acceptors (Lipinski definition) is 2. The van der Waals surface area contributed by atoms with E-state index in [2.05, 4.69) is 31.7 Å². The molecule has 3 aromatic rings. The number of nitrogens with one attached hydrogen (secondary N) is 3. The molecule has 1 aromatic heterocycles. The van der Waals surface area contributed by atoms with Crippen LogP contribution in [0.2, 0.25) is 5.02 Å². The van der Waals surface area contributed by atoms with E-state index in [1.54, 1.807) is 7.05 Å². The normalized spacial score (nSPS) is 11.3. The first-order valence-electron chi connectivity index (χ1n) is 8.87. The van der Waals surface area contributed by atoms with E-state index in [0.29, 0.717) is 0 Å². The van der Waals surface area contributed by atoms with E-state index in [4.69, 9.17) is 11.6 Å². The summed E-state index contributed by atoms with van der Waals surface area (Å²) in [5.41, 5.74) is 3.37. The maximum absolute atomic E-state index is 5.91. The van der Waals surface area contributed by atoms with Crippen LogP contribution in [0.3, 0.4) is 0 Å². The highest BCUT2D eigenvalue weighted by atomic mass is 127. The zero-order chi connectivity index (χ0) is 18.2. The van der Waals surface area contributed by atoms with Gasteiger partial charge in [0.05, 0.1) is 11.0 Å². The Morgan fingerprint density at radius 2 is 1.78 bits per heavy atom. The molecule has 0 aliphatic heterocycles. The van der Waals surface area contributed by atoms with Gasteiger partial charge in [0, 0.05) is 31.6 Å². The van der Waals surface area contributed by atoms with Gasteiger partial charge in [-0.1, -0.05) is 35.9 Å². The van der Waals surface area contributed by atoms with Crippen molar-refractivity contribution in [1.29, 1.82) is 0 Å². The molecule has 7 heteroatoms. The number of hydrogen-bond donors (Lipinski definition) is 3. The van der Waals surface area contributed by atoms with Gasteiger partial charge in [-0.05, 0) is 42.7 Å². The fourth-order valence-corrected chi connectivity index (χ4v) is 2.91. The zero-order valence-electron chi connectivity index (χ0n) is 15.3. The number of imidazole rings is 1. The number of aliphatic imine (C=N–C) groups is 1. The molecule has 1 heterocycles. The van der Waals surface area contributed by atoms with Crippen molar-refractivity contribution in [2.24, 2.45) is 4.99 Å². The SMILES string of the molecule is CN=C(NCCCc1nc2ccccc2[nH]1)NCCc1ccc(Cl)cc1.I. The Morgan fingerprint density at radius 3 is 2.52 bits per heavy atom. The molecule has 0 bridgehead atoms. The summed E-state index contributed by atoms with van der Waals surface area (Å²) in [6.45, 7) is 1.67. The molecule has 0 unspecified atom stereocenters. The molecule has 0 amide bonds. The maximum Gasteiger partial charge on any atom is 0.190 e. The van der Waals surface area contributed by atoms with Crippen molar-refractivity contribution in [3.05, 3.63) is 64.9 Å². The van der Waals surface area contributed by atoms with Crippen LogP contribution in [0.25, 0.3) is 11.0 Å². The van der Waals surface area contributed by atoms with Gasteiger partial charge in [-0.3, -0.25) is 4.99 Å². The largest absolute Gasteiger partial charge is 0.356 e. The number of para-hydroxylation sites is 2. The van der Waals surface area contributed by atoms with Crippen LogP contribution < -0.4 is 10.6 Å². The van der Waals surface area contributed by atoms with Gasteiger partial charge in [-0.25, -0.2) is 4.98 Å². The van der Waals surface area contributed by atoms with E-state index >= 15 is 0 Å². The highest BCUT2D eigenvalue weighted by molar-refractivity contribution is 14.0. The molecule has 0 aliphatic rings. The Hall–Kier alpha value is -1.80. The smallest absolute Gasteiger partial charge is 0.190 e. The van der Waals surface area contributed by atoms with Gasteiger partial charge in [0.2, 0.25) is 0 Å². The summed E-state index contributed by atoms with van der Waals surface area (Å²) in [5.74, 6) is 1.85. The van der Waals surface area contributed by atoms with Crippen LogP contribution in [0.4, 0.5) is 0 Å². The van der Waals surface area contributed by atoms with Crippen molar-refractivity contribution in [3.63, 3.8) is 0 Å². The third-order valence-electron chi connectivity index (χ3n) is 4.16. The molecule has 27 heavy (non-hydrogen) atoms. The van der Waals surface area contributed by atoms with Crippen molar-refractivity contribution in [1.82, 2.24) is 20.6 Å². The average molecular weight is 498 g/mol. The van der Waals surface area contributed by atoms with Crippen molar-refractivity contribution in [3.8, 4) is 0 Å². The molecule has 0 atom stereocenters. The minimum atomic E-state index is 0. The van der Waals surface area contributed by atoms with E-state index < -0.39 is 0 Å². The molecule has 144 valence electrons. The molecule has 3 rings (SSSR count). The minimum absolute atomic E-state index is 0. The molecule has 0 saturated heterocycles. The average Bonchev–Trinajstić information content (AvgIpc) is 3.08.